The molecule has 15 nitrogen and oxygen atoms in total. The lowest BCUT2D eigenvalue weighted by atomic mass is 9.89. The van der Waals surface area contributed by atoms with Gasteiger partial charge in [0.1, 0.15) is 36.5 Å². The van der Waals surface area contributed by atoms with Crippen LogP contribution in [-0.4, -0.2) is 101 Å². The van der Waals surface area contributed by atoms with Crippen LogP contribution in [-0.2, 0) is 11.3 Å². The molecule has 2 bridgehead atoms. The average molecular weight is 642 g/mol. The summed E-state index contributed by atoms with van der Waals surface area (Å²) in [5.41, 5.74) is 2.63. The number of nitriles is 1. The van der Waals surface area contributed by atoms with Gasteiger partial charge in [-0.2, -0.15) is 5.26 Å². The summed E-state index contributed by atoms with van der Waals surface area (Å²) in [6.45, 7) is 4.07. The smallest absolute Gasteiger partial charge is 0.257 e. The third-order valence-corrected chi connectivity index (χ3v) is 9.28. The molecular weight excluding hydrogens is 602 g/mol. The maximum absolute atomic E-state index is 9.64. The van der Waals surface area contributed by atoms with Crippen molar-refractivity contribution in [3.8, 4) is 28.8 Å². The maximum Gasteiger partial charge on any atom is 0.257 e. The zero-order chi connectivity index (χ0) is 32.2. The van der Waals surface area contributed by atoms with Crippen LogP contribution in [0.4, 0.5) is 11.6 Å². The normalized spacial score (nSPS) is 23.3. The standard InChI is InChI=1S/C32H39N11O4/c1-21(16-41-20-36-39-40-41)47-30-12-22(2-3-23(30)13-33)24-14-34-32(35-15-24)37-29-17-42(38-31(29)46-11-10-44)25-4-6-26(7-5-25)43-27-8-9-28(43)19-45-18-27/h2-3,12,14-15,17,20-21,25-28,44H,4-11,16,18-19H2,1H3,(H,34,35,37)/t21?,25?,26?,27-,28+. The van der Waals surface area contributed by atoms with E-state index >= 15 is 0 Å². The largest absolute Gasteiger partial charge is 0.487 e. The van der Waals surface area contributed by atoms with Crippen molar-refractivity contribution >= 4 is 11.6 Å². The van der Waals surface area contributed by atoms with Crippen LogP contribution in [0.1, 0.15) is 57.1 Å². The summed E-state index contributed by atoms with van der Waals surface area (Å²) in [7, 11) is 0. The van der Waals surface area contributed by atoms with Gasteiger partial charge in [0.2, 0.25) is 5.95 Å². The Morgan fingerprint density at radius 3 is 2.49 bits per heavy atom. The molecule has 2 saturated heterocycles. The lowest BCUT2D eigenvalue weighted by Crippen LogP contribution is -2.52. The van der Waals surface area contributed by atoms with Crippen LogP contribution >= 0.6 is 0 Å². The van der Waals surface area contributed by atoms with Gasteiger partial charge >= 0.3 is 0 Å². The first kappa shape index (κ1) is 31.0. The zero-order valence-corrected chi connectivity index (χ0v) is 26.4. The average Bonchev–Trinajstić information content (AvgIpc) is 3.82. The van der Waals surface area contributed by atoms with Crippen molar-refractivity contribution in [1.29, 1.82) is 5.26 Å². The minimum atomic E-state index is -0.276. The van der Waals surface area contributed by atoms with Gasteiger partial charge in [-0.15, -0.1) is 10.2 Å². The first-order valence-electron chi connectivity index (χ1n) is 16.3. The molecule has 5 heterocycles. The molecule has 3 aromatic heterocycles. The summed E-state index contributed by atoms with van der Waals surface area (Å²) in [6.07, 6.45) is 13.5. The van der Waals surface area contributed by atoms with Crippen molar-refractivity contribution in [2.45, 2.75) is 82.3 Å². The predicted molar refractivity (Wildman–Crippen MR) is 169 cm³/mol. The molecule has 4 aromatic rings. The zero-order valence-electron chi connectivity index (χ0n) is 26.4. The van der Waals surface area contributed by atoms with Crippen LogP contribution < -0.4 is 14.8 Å². The summed E-state index contributed by atoms with van der Waals surface area (Å²) >= 11 is 0. The second-order valence-corrected chi connectivity index (χ2v) is 12.4. The molecule has 246 valence electrons. The molecule has 0 radical (unpaired) electrons. The van der Waals surface area contributed by atoms with Gasteiger partial charge in [-0.1, -0.05) is 6.07 Å². The van der Waals surface area contributed by atoms with Gasteiger partial charge in [0.25, 0.3) is 5.88 Å². The second kappa shape index (κ2) is 14.0. The molecule has 15 heteroatoms. The number of nitrogens with zero attached hydrogens (tertiary/aromatic N) is 10. The molecule has 2 aliphatic heterocycles. The molecule has 3 atom stereocenters. The Morgan fingerprint density at radius 2 is 1.79 bits per heavy atom. The van der Waals surface area contributed by atoms with Crippen molar-refractivity contribution in [3.63, 3.8) is 0 Å². The van der Waals surface area contributed by atoms with Gasteiger partial charge in [-0.3, -0.25) is 9.58 Å². The van der Waals surface area contributed by atoms with Gasteiger partial charge in [0, 0.05) is 36.1 Å². The number of aromatic nitrogens is 8. The van der Waals surface area contributed by atoms with Crippen LogP contribution in [0.3, 0.4) is 0 Å². The Balaban J connectivity index is 1.02. The van der Waals surface area contributed by atoms with E-state index in [0.717, 1.165) is 50.0 Å². The number of hydrogen-bond donors (Lipinski definition) is 2. The quantitative estimate of drug-likeness (QED) is 0.231. The maximum atomic E-state index is 9.64. The number of fused-ring (bicyclic) bond motifs is 2. The first-order chi connectivity index (χ1) is 23.1. The van der Waals surface area contributed by atoms with E-state index in [2.05, 4.69) is 41.8 Å². The van der Waals surface area contributed by atoms with E-state index in [1.807, 2.05) is 29.9 Å². The molecule has 3 aliphatic rings. The van der Waals surface area contributed by atoms with Crippen LogP contribution in [0.5, 0.6) is 11.6 Å². The Labute approximate surface area is 272 Å². The van der Waals surface area contributed by atoms with Crippen LogP contribution in [0.15, 0.2) is 43.1 Å². The van der Waals surface area contributed by atoms with Gasteiger partial charge in [-0.25, -0.2) is 14.6 Å². The minimum absolute atomic E-state index is 0.114. The number of benzene rings is 1. The van der Waals surface area contributed by atoms with Gasteiger partial charge in [0.15, 0.2) is 0 Å². The van der Waals surface area contributed by atoms with Crippen LogP contribution in [0.25, 0.3) is 11.1 Å². The number of tetrazole rings is 1. The second-order valence-electron chi connectivity index (χ2n) is 12.4. The number of hydrogen-bond acceptors (Lipinski definition) is 13. The molecule has 1 unspecified atom stereocenters. The first-order valence-corrected chi connectivity index (χ1v) is 16.3. The summed E-state index contributed by atoms with van der Waals surface area (Å²) in [4.78, 5) is 11.8. The molecule has 2 N–H and O–H groups in total. The summed E-state index contributed by atoms with van der Waals surface area (Å²) in [6, 6.07) is 9.58. The van der Waals surface area contributed by atoms with Crippen molar-refractivity contribution in [2.75, 3.05) is 31.7 Å². The fraction of sp³-hybridized carbons (Fsp3) is 0.531. The fourth-order valence-electron chi connectivity index (χ4n) is 7.11. The van der Waals surface area contributed by atoms with E-state index in [-0.39, 0.29) is 25.4 Å². The number of anilines is 2. The summed E-state index contributed by atoms with van der Waals surface area (Å²) < 4.78 is 21.3. The third-order valence-electron chi connectivity index (χ3n) is 9.28. The molecule has 47 heavy (non-hydrogen) atoms. The van der Waals surface area contributed by atoms with Crippen molar-refractivity contribution in [2.24, 2.45) is 0 Å². The summed E-state index contributed by atoms with van der Waals surface area (Å²) in [5, 5.41) is 38.2. The van der Waals surface area contributed by atoms with Gasteiger partial charge < -0.3 is 24.6 Å². The Bertz CT molecular complexity index is 1650. The van der Waals surface area contributed by atoms with E-state index < -0.39 is 0 Å². The number of ether oxygens (including phenoxy) is 3. The Morgan fingerprint density at radius 1 is 1.04 bits per heavy atom. The Hall–Kier alpha value is -4.65. The van der Waals surface area contributed by atoms with Crippen molar-refractivity contribution in [3.05, 3.63) is 48.7 Å². The lowest BCUT2D eigenvalue weighted by molar-refractivity contribution is -0.0458. The minimum Gasteiger partial charge on any atom is -0.487 e. The van der Waals surface area contributed by atoms with Crippen molar-refractivity contribution in [1.82, 2.24) is 44.9 Å². The SMILES string of the molecule is CC(Cn1cnnn1)Oc1cc(-c2cnc(Nc3cn(C4CCC(N5[C@@H]6CC[C@H]5COC6)CC4)nc3OCCO)nc2)ccc1C#N. The highest BCUT2D eigenvalue weighted by atomic mass is 16.5. The Kier molecular flexibility index (Phi) is 9.23. The molecule has 0 amide bonds. The topological polar surface area (TPSA) is 174 Å². The molecule has 1 aromatic carbocycles. The molecule has 7 rings (SSSR count). The number of nitrogens with one attached hydrogen (secondary N) is 1. The van der Waals surface area contributed by atoms with Crippen LogP contribution in [0, 0.1) is 11.3 Å². The van der Waals surface area contributed by atoms with Gasteiger partial charge in [0.05, 0.1) is 44.2 Å². The highest BCUT2D eigenvalue weighted by molar-refractivity contribution is 5.67. The number of aliphatic hydroxyl groups is 1. The van der Waals surface area contributed by atoms with Crippen LogP contribution in [0.2, 0.25) is 0 Å². The van der Waals surface area contributed by atoms with E-state index in [9.17, 15) is 10.4 Å². The number of morpholine rings is 1. The molecule has 0 spiro atoms. The van der Waals surface area contributed by atoms with E-state index in [0.29, 0.717) is 53.5 Å². The molecule has 1 aliphatic carbocycles. The van der Waals surface area contributed by atoms with Gasteiger partial charge in [-0.05, 0) is 73.6 Å². The van der Waals surface area contributed by atoms with E-state index in [1.165, 1.54) is 19.2 Å². The monoisotopic (exact) mass is 641 g/mol. The number of rotatable bonds is 12. The lowest BCUT2D eigenvalue weighted by Gasteiger charge is -2.43. The molecular formula is C32H39N11O4. The third kappa shape index (κ3) is 6.90. The fourth-order valence-corrected chi connectivity index (χ4v) is 7.11. The molecule has 3 fully saturated rings. The van der Waals surface area contributed by atoms with E-state index in [1.54, 1.807) is 23.1 Å². The van der Waals surface area contributed by atoms with E-state index in [4.69, 9.17) is 19.3 Å². The number of aliphatic hydroxyl groups excluding tert-OH is 1. The molecule has 1 saturated carbocycles. The highest BCUT2D eigenvalue weighted by Gasteiger charge is 2.42. The summed E-state index contributed by atoms with van der Waals surface area (Å²) in [5.74, 6) is 1.25. The predicted octanol–water partition coefficient (Wildman–Crippen LogP) is 3.13. The highest BCUT2D eigenvalue weighted by Crippen LogP contribution is 2.39. The van der Waals surface area contributed by atoms with Crippen molar-refractivity contribution < 1.29 is 19.3 Å².